The highest BCUT2D eigenvalue weighted by Gasteiger charge is 2.12. The van der Waals surface area contributed by atoms with Crippen LogP contribution in [0.4, 0.5) is 0 Å². The van der Waals surface area contributed by atoms with Gasteiger partial charge >= 0.3 is 5.97 Å². The minimum absolute atomic E-state index is 0.0154. The number of hydrogen-bond donors (Lipinski definition) is 1. The molecule has 0 radical (unpaired) electrons. The van der Waals surface area contributed by atoms with Crippen molar-refractivity contribution in [3.63, 3.8) is 0 Å². The van der Waals surface area contributed by atoms with Crippen LogP contribution in [-0.2, 0) is 11.3 Å². The van der Waals surface area contributed by atoms with Crippen LogP contribution in [0.15, 0.2) is 18.2 Å². The summed E-state index contributed by atoms with van der Waals surface area (Å²) >= 11 is 11.9. The van der Waals surface area contributed by atoms with Crippen LogP contribution < -0.4 is 0 Å². The predicted octanol–water partition coefficient (Wildman–Crippen LogP) is 3.22. The minimum Gasteiger partial charge on any atom is -0.480 e. The summed E-state index contributed by atoms with van der Waals surface area (Å²) in [4.78, 5) is 15.2. The molecule has 0 aliphatic heterocycles. The molecule has 0 spiro atoms. The first-order chi connectivity index (χ1) is 9.96. The molecule has 0 fully saturated rings. The quantitative estimate of drug-likeness (QED) is 0.754. The standard InChI is InChI=1S/C15H22Cl2N2O2/c1-3-18(4-2)7-8-19(11-15(20)21)10-12-5-6-13(16)14(17)9-12/h5-6,9H,3-4,7-8,10-11H2,1-2H3,(H,20,21). The Kier molecular flexibility index (Phi) is 8.04. The summed E-state index contributed by atoms with van der Waals surface area (Å²) in [6.07, 6.45) is 0. The summed E-state index contributed by atoms with van der Waals surface area (Å²) in [5.74, 6) is -0.824. The highest BCUT2D eigenvalue weighted by atomic mass is 35.5. The summed E-state index contributed by atoms with van der Waals surface area (Å²) < 4.78 is 0. The molecule has 0 amide bonds. The molecule has 0 unspecified atom stereocenters. The van der Waals surface area contributed by atoms with E-state index < -0.39 is 5.97 Å². The Balaban J connectivity index is 2.68. The van der Waals surface area contributed by atoms with Gasteiger partial charge in [-0.25, -0.2) is 0 Å². The Morgan fingerprint density at radius 3 is 2.24 bits per heavy atom. The lowest BCUT2D eigenvalue weighted by Crippen LogP contribution is -2.37. The maximum absolute atomic E-state index is 11.0. The molecule has 1 aromatic rings. The van der Waals surface area contributed by atoms with Gasteiger partial charge in [-0.1, -0.05) is 43.1 Å². The van der Waals surface area contributed by atoms with Gasteiger partial charge in [-0.05, 0) is 30.8 Å². The van der Waals surface area contributed by atoms with Crippen LogP contribution in [0.5, 0.6) is 0 Å². The molecule has 0 saturated carbocycles. The predicted molar refractivity (Wildman–Crippen MR) is 87.2 cm³/mol. The number of likely N-dealkylation sites (N-methyl/N-ethyl adjacent to an activating group) is 1. The van der Waals surface area contributed by atoms with Crippen LogP contribution in [0.3, 0.4) is 0 Å². The van der Waals surface area contributed by atoms with Gasteiger partial charge in [0.15, 0.2) is 0 Å². The van der Waals surface area contributed by atoms with Gasteiger partial charge in [0.05, 0.1) is 16.6 Å². The molecular weight excluding hydrogens is 311 g/mol. The van der Waals surface area contributed by atoms with Crippen LogP contribution in [0.2, 0.25) is 10.0 Å². The van der Waals surface area contributed by atoms with Gasteiger partial charge in [-0.2, -0.15) is 0 Å². The average Bonchev–Trinajstić information content (AvgIpc) is 2.43. The van der Waals surface area contributed by atoms with Gasteiger partial charge in [0.25, 0.3) is 0 Å². The van der Waals surface area contributed by atoms with E-state index in [0.717, 1.165) is 25.2 Å². The van der Waals surface area contributed by atoms with E-state index >= 15 is 0 Å². The third kappa shape index (κ3) is 6.66. The van der Waals surface area contributed by atoms with Crippen molar-refractivity contribution < 1.29 is 9.90 Å². The zero-order valence-electron chi connectivity index (χ0n) is 12.5. The largest absolute Gasteiger partial charge is 0.480 e. The number of carboxylic acid groups (broad SMARTS) is 1. The Morgan fingerprint density at radius 1 is 1.10 bits per heavy atom. The first-order valence-corrected chi connectivity index (χ1v) is 7.82. The van der Waals surface area contributed by atoms with E-state index in [1.807, 2.05) is 11.0 Å². The molecule has 1 N–H and O–H groups in total. The zero-order valence-corrected chi connectivity index (χ0v) is 14.0. The molecule has 0 aliphatic rings. The molecule has 118 valence electrons. The lowest BCUT2D eigenvalue weighted by Gasteiger charge is -2.25. The number of carbonyl (C=O) groups is 1. The monoisotopic (exact) mass is 332 g/mol. The van der Waals surface area contributed by atoms with E-state index in [0.29, 0.717) is 23.1 Å². The number of halogens is 2. The van der Waals surface area contributed by atoms with Gasteiger partial charge in [-0.3, -0.25) is 9.69 Å². The van der Waals surface area contributed by atoms with E-state index in [9.17, 15) is 4.79 Å². The van der Waals surface area contributed by atoms with Crippen molar-refractivity contribution in [1.82, 2.24) is 9.80 Å². The van der Waals surface area contributed by atoms with E-state index in [-0.39, 0.29) is 6.54 Å². The normalized spacial score (nSPS) is 11.3. The second kappa shape index (κ2) is 9.26. The maximum atomic E-state index is 11.0. The fourth-order valence-corrected chi connectivity index (χ4v) is 2.44. The van der Waals surface area contributed by atoms with Gasteiger partial charge in [0, 0.05) is 19.6 Å². The molecular formula is C15H22Cl2N2O2. The lowest BCUT2D eigenvalue weighted by molar-refractivity contribution is -0.138. The summed E-state index contributed by atoms with van der Waals surface area (Å²) in [6, 6.07) is 5.40. The molecule has 4 nitrogen and oxygen atoms in total. The molecule has 0 heterocycles. The zero-order chi connectivity index (χ0) is 15.8. The second-order valence-electron chi connectivity index (χ2n) is 4.88. The number of benzene rings is 1. The van der Waals surface area contributed by atoms with Crippen LogP contribution in [0, 0.1) is 0 Å². The minimum atomic E-state index is -0.824. The van der Waals surface area contributed by atoms with E-state index in [2.05, 4.69) is 18.7 Å². The van der Waals surface area contributed by atoms with Crippen molar-refractivity contribution >= 4 is 29.2 Å². The topological polar surface area (TPSA) is 43.8 Å². The van der Waals surface area contributed by atoms with Gasteiger partial charge in [-0.15, -0.1) is 0 Å². The third-order valence-corrected chi connectivity index (χ3v) is 4.11. The van der Waals surface area contributed by atoms with E-state index in [1.165, 1.54) is 0 Å². The Bertz CT molecular complexity index is 465. The number of aliphatic carboxylic acids is 1. The molecule has 0 atom stereocenters. The van der Waals surface area contributed by atoms with Crippen LogP contribution in [-0.4, -0.2) is 53.6 Å². The molecule has 21 heavy (non-hydrogen) atoms. The van der Waals surface area contributed by atoms with Crippen LogP contribution in [0.1, 0.15) is 19.4 Å². The Hall–Kier alpha value is -0.810. The number of carboxylic acids is 1. The number of nitrogens with zero attached hydrogens (tertiary/aromatic N) is 2. The Labute approximate surface area is 136 Å². The first-order valence-electron chi connectivity index (χ1n) is 7.06. The van der Waals surface area contributed by atoms with Crippen molar-refractivity contribution in [2.24, 2.45) is 0 Å². The number of rotatable bonds is 9. The molecule has 6 heteroatoms. The number of hydrogen-bond acceptors (Lipinski definition) is 3. The fourth-order valence-electron chi connectivity index (χ4n) is 2.12. The van der Waals surface area contributed by atoms with Crippen molar-refractivity contribution in [3.05, 3.63) is 33.8 Å². The van der Waals surface area contributed by atoms with E-state index in [4.69, 9.17) is 28.3 Å². The summed E-state index contributed by atoms with van der Waals surface area (Å²) in [5.41, 5.74) is 0.963. The third-order valence-electron chi connectivity index (χ3n) is 3.38. The van der Waals surface area contributed by atoms with Crippen molar-refractivity contribution in [3.8, 4) is 0 Å². The Morgan fingerprint density at radius 2 is 1.71 bits per heavy atom. The molecule has 0 aromatic heterocycles. The summed E-state index contributed by atoms with van der Waals surface area (Å²) in [5, 5.41) is 10.0. The molecule has 0 saturated heterocycles. The average molecular weight is 333 g/mol. The first kappa shape index (κ1) is 18.2. The van der Waals surface area contributed by atoms with Crippen molar-refractivity contribution in [2.45, 2.75) is 20.4 Å². The SMILES string of the molecule is CCN(CC)CCN(CC(=O)O)Cc1ccc(Cl)c(Cl)c1. The maximum Gasteiger partial charge on any atom is 0.317 e. The highest BCUT2D eigenvalue weighted by Crippen LogP contribution is 2.23. The van der Waals surface area contributed by atoms with Gasteiger partial charge in [0.2, 0.25) is 0 Å². The van der Waals surface area contributed by atoms with Crippen LogP contribution >= 0.6 is 23.2 Å². The van der Waals surface area contributed by atoms with E-state index in [1.54, 1.807) is 12.1 Å². The molecule has 1 rings (SSSR count). The smallest absolute Gasteiger partial charge is 0.317 e. The van der Waals surface area contributed by atoms with Gasteiger partial charge in [0.1, 0.15) is 0 Å². The lowest BCUT2D eigenvalue weighted by atomic mass is 10.2. The fraction of sp³-hybridized carbons (Fsp3) is 0.533. The van der Waals surface area contributed by atoms with Crippen LogP contribution in [0.25, 0.3) is 0 Å². The van der Waals surface area contributed by atoms with Crippen molar-refractivity contribution in [1.29, 1.82) is 0 Å². The summed E-state index contributed by atoms with van der Waals surface area (Å²) in [6.45, 7) is 8.24. The summed E-state index contributed by atoms with van der Waals surface area (Å²) in [7, 11) is 0. The van der Waals surface area contributed by atoms with Gasteiger partial charge < -0.3 is 10.0 Å². The molecule has 1 aromatic carbocycles. The molecule has 0 bridgehead atoms. The highest BCUT2D eigenvalue weighted by molar-refractivity contribution is 6.42. The molecule has 0 aliphatic carbocycles. The second-order valence-corrected chi connectivity index (χ2v) is 5.69. The van der Waals surface area contributed by atoms with Crippen molar-refractivity contribution in [2.75, 3.05) is 32.7 Å².